The van der Waals surface area contributed by atoms with Crippen LogP contribution in [0.2, 0.25) is 0 Å². The van der Waals surface area contributed by atoms with E-state index in [0.717, 1.165) is 37.7 Å². The molecule has 1 aromatic rings. The highest BCUT2D eigenvalue weighted by atomic mass is 16.5. The zero-order chi connectivity index (χ0) is 12.8. The molecule has 1 N–H and O–H groups in total. The van der Waals surface area contributed by atoms with Crippen molar-refractivity contribution in [2.45, 2.75) is 38.8 Å². The van der Waals surface area contributed by atoms with E-state index in [1.54, 1.807) is 0 Å². The Morgan fingerprint density at radius 2 is 2.39 bits per heavy atom. The van der Waals surface area contributed by atoms with Crippen LogP contribution in [-0.4, -0.2) is 32.5 Å². The molecule has 4 heteroatoms. The molecule has 1 aliphatic heterocycles. The lowest BCUT2D eigenvalue weighted by Gasteiger charge is -2.13. The van der Waals surface area contributed by atoms with Crippen LogP contribution in [0, 0.1) is 6.92 Å². The second kappa shape index (κ2) is 6.92. The van der Waals surface area contributed by atoms with Gasteiger partial charge in [0.25, 0.3) is 0 Å². The molecule has 2 atom stereocenters. The average Bonchev–Trinajstić information content (AvgIpc) is 2.99. The molecule has 0 amide bonds. The monoisotopic (exact) mass is 253 g/mol. The Morgan fingerprint density at radius 1 is 1.50 bits per heavy atom. The largest absolute Gasteiger partial charge is 0.465 e. The van der Waals surface area contributed by atoms with Gasteiger partial charge in [0.15, 0.2) is 0 Å². The summed E-state index contributed by atoms with van der Waals surface area (Å²) in [6.07, 6.45) is 2.62. The van der Waals surface area contributed by atoms with Gasteiger partial charge in [-0.05, 0) is 38.8 Å². The van der Waals surface area contributed by atoms with Crippen molar-refractivity contribution in [2.24, 2.45) is 0 Å². The summed E-state index contributed by atoms with van der Waals surface area (Å²) in [5.41, 5.74) is 0. The average molecular weight is 253 g/mol. The summed E-state index contributed by atoms with van der Waals surface area (Å²) in [5, 5.41) is 3.38. The second-order valence-corrected chi connectivity index (χ2v) is 4.83. The minimum Gasteiger partial charge on any atom is -0.465 e. The topological polar surface area (TPSA) is 43.6 Å². The van der Waals surface area contributed by atoms with Crippen molar-refractivity contribution in [2.75, 3.05) is 26.4 Å². The maximum atomic E-state index is 5.59. The molecule has 1 saturated heterocycles. The lowest BCUT2D eigenvalue weighted by Crippen LogP contribution is -2.24. The van der Waals surface area contributed by atoms with Crippen molar-refractivity contribution in [3.05, 3.63) is 23.7 Å². The van der Waals surface area contributed by atoms with Crippen LogP contribution in [0.5, 0.6) is 0 Å². The number of nitrogens with one attached hydrogen (secondary N) is 1. The number of hydrogen-bond acceptors (Lipinski definition) is 4. The van der Waals surface area contributed by atoms with Crippen LogP contribution in [0.1, 0.15) is 37.3 Å². The molecule has 1 aliphatic rings. The Morgan fingerprint density at radius 3 is 3.06 bits per heavy atom. The Labute approximate surface area is 109 Å². The van der Waals surface area contributed by atoms with E-state index in [0.29, 0.717) is 12.7 Å². The summed E-state index contributed by atoms with van der Waals surface area (Å²) in [4.78, 5) is 0. The fourth-order valence-electron chi connectivity index (χ4n) is 2.12. The van der Waals surface area contributed by atoms with Crippen molar-refractivity contribution in [3.8, 4) is 0 Å². The van der Waals surface area contributed by atoms with Crippen molar-refractivity contribution in [1.29, 1.82) is 0 Å². The van der Waals surface area contributed by atoms with Gasteiger partial charge in [0.05, 0.1) is 25.4 Å². The van der Waals surface area contributed by atoms with Crippen LogP contribution in [0.4, 0.5) is 0 Å². The van der Waals surface area contributed by atoms with Crippen LogP contribution in [0.15, 0.2) is 16.5 Å². The van der Waals surface area contributed by atoms with Gasteiger partial charge in [-0.2, -0.15) is 0 Å². The van der Waals surface area contributed by atoms with Crippen LogP contribution >= 0.6 is 0 Å². The van der Waals surface area contributed by atoms with Crippen molar-refractivity contribution < 1.29 is 13.9 Å². The summed E-state index contributed by atoms with van der Waals surface area (Å²) in [6, 6.07) is 4.23. The summed E-state index contributed by atoms with van der Waals surface area (Å²) in [6.45, 7) is 7.20. The first kappa shape index (κ1) is 13.6. The molecule has 0 unspecified atom stereocenters. The van der Waals surface area contributed by atoms with E-state index < -0.39 is 0 Å². The van der Waals surface area contributed by atoms with Gasteiger partial charge in [0, 0.05) is 13.2 Å². The predicted octanol–water partition coefficient (Wildman–Crippen LogP) is 2.43. The Balaban J connectivity index is 1.54. The molecule has 0 aliphatic carbocycles. The van der Waals surface area contributed by atoms with Crippen LogP contribution < -0.4 is 5.32 Å². The first-order valence-corrected chi connectivity index (χ1v) is 6.75. The van der Waals surface area contributed by atoms with Gasteiger partial charge in [0.1, 0.15) is 11.5 Å². The lowest BCUT2D eigenvalue weighted by molar-refractivity contribution is 0.0178. The summed E-state index contributed by atoms with van der Waals surface area (Å²) < 4.78 is 16.6. The molecule has 102 valence electrons. The van der Waals surface area contributed by atoms with E-state index in [-0.39, 0.29) is 6.04 Å². The first-order valence-electron chi connectivity index (χ1n) is 6.75. The van der Waals surface area contributed by atoms with E-state index in [1.165, 1.54) is 6.42 Å². The maximum absolute atomic E-state index is 5.59. The van der Waals surface area contributed by atoms with Gasteiger partial charge in [-0.15, -0.1) is 0 Å². The summed E-state index contributed by atoms with van der Waals surface area (Å²) >= 11 is 0. The molecule has 0 bridgehead atoms. The molecule has 0 saturated carbocycles. The number of aryl methyl sites for hydroxylation is 1. The third kappa shape index (κ3) is 4.12. The van der Waals surface area contributed by atoms with Gasteiger partial charge in [-0.1, -0.05) is 0 Å². The molecule has 0 spiro atoms. The Kier molecular flexibility index (Phi) is 5.23. The molecule has 18 heavy (non-hydrogen) atoms. The van der Waals surface area contributed by atoms with E-state index in [4.69, 9.17) is 13.9 Å². The van der Waals surface area contributed by atoms with Gasteiger partial charge in [-0.25, -0.2) is 0 Å². The quantitative estimate of drug-likeness (QED) is 0.758. The first-order chi connectivity index (χ1) is 8.75. The van der Waals surface area contributed by atoms with Crippen LogP contribution in [-0.2, 0) is 9.47 Å². The minimum atomic E-state index is 0.227. The van der Waals surface area contributed by atoms with E-state index >= 15 is 0 Å². The molecular weight excluding hydrogens is 230 g/mol. The SMILES string of the molecule is Cc1ccc([C@H](C)NCCOC[C@@H]2CCCO2)o1. The van der Waals surface area contributed by atoms with Crippen molar-refractivity contribution in [1.82, 2.24) is 5.32 Å². The normalized spacial score (nSPS) is 21.3. The minimum absolute atomic E-state index is 0.227. The van der Waals surface area contributed by atoms with Gasteiger partial charge in [-0.3, -0.25) is 0 Å². The third-order valence-corrected chi connectivity index (χ3v) is 3.21. The predicted molar refractivity (Wildman–Crippen MR) is 69.7 cm³/mol. The van der Waals surface area contributed by atoms with E-state index in [2.05, 4.69) is 12.2 Å². The van der Waals surface area contributed by atoms with Gasteiger partial charge >= 0.3 is 0 Å². The highest BCUT2D eigenvalue weighted by Gasteiger charge is 2.15. The van der Waals surface area contributed by atoms with Crippen molar-refractivity contribution in [3.63, 3.8) is 0 Å². The fraction of sp³-hybridized carbons (Fsp3) is 0.714. The zero-order valence-corrected chi connectivity index (χ0v) is 11.3. The summed E-state index contributed by atoms with van der Waals surface area (Å²) in [5.74, 6) is 1.93. The number of hydrogen-bond donors (Lipinski definition) is 1. The molecule has 0 aromatic carbocycles. The Hall–Kier alpha value is -0.840. The molecule has 2 rings (SSSR count). The smallest absolute Gasteiger partial charge is 0.120 e. The number of rotatable bonds is 7. The highest BCUT2D eigenvalue weighted by molar-refractivity contribution is 5.08. The molecule has 0 radical (unpaired) electrons. The van der Waals surface area contributed by atoms with Gasteiger partial charge in [0.2, 0.25) is 0 Å². The third-order valence-electron chi connectivity index (χ3n) is 3.21. The maximum Gasteiger partial charge on any atom is 0.120 e. The molecule has 1 fully saturated rings. The molecule has 4 nitrogen and oxygen atoms in total. The molecular formula is C14H23NO3. The van der Waals surface area contributed by atoms with Crippen LogP contribution in [0.25, 0.3) is 0 Å². The molecule has 1 aromatic heterocycles. The highest BCUT2D eigenvalue weighted by Crippen LogP contribution is 2.15. The Bertz CT molecular complexity index is 345. The van der Waals surface area contributed by atoms with Crippen LogP contribution in [0.3, 0.4) is 0 Å². The van der Waals surface area contributed by atoms with E-state index in [9.17, 15) is 0 Å². The lowest BCUT2D eigenvalue weighted by atomic mass is 10.2. The van der Waals surface area contributed by atoms with E-state index in [1.807, 2.05) is 19.1 Å². The fourth-order valence-corrected chi connectivity index (χ4v) is 2.12. The zero-order valence-electron chi connectivity index (χ0n) is 11.3. The van der Waals surface area contributed by atoms with Crippen molar-refractivity contribution >= 4 is 0 Å². The standard InChI is InChI=1S/C14H23NO3/c1-11-5-6-14(18-11)12(2)15-7-9-16-10-13-4-3-8-17-13/h5-6,12-13,15H,3-4,7-10H2,1-2H3/t12-,13-/m0/s1. The second-order valence-electron chi connectivity index (χ2n) is 4.83. The van der Waals surface area contributed by atoms with Gasteiger partial charge < -0.3 is 19.2 Å². The molecule has 2 heterocycles. The number of furan rings is 1. The number of ether oxygens (including phenoxy) is 2. The summed E-state index contributed by atoms with van der Waals surface area (Å²) in [7, 11) is 0.